The second-order valence-electron chi connectivity index (χ2n) is 9.35. The van der Waals surface area contributed by atoms with Crippen molar-refractivity contribution in [2.24, 2.45) is 0 Å². The Morgan fingerprint density at radius 3 is 2.18 bits per heavy atom. The average molecular weight is 528 g/mol. The van der Waals surface area contributed by atoms with Crippen LogP contribution in [-0.2, 0) is 4.79 Å². The molecule has 3 aromatic carbocycles. The van der Waals surface area contributed by atoms with E-state index in [2.05, 4.69) is 10.6 Å². The van der Waals surface area contributed by atoms with Gasteiger partial charge in [0.05, 0.1) is 11.4 Å². The van der Waals surface area contributed by atoms with Gasteiger partial charge in [0, 0.05) is 22.2 Å². The van der Waals surface area contributed by atoms with Gasteiger partial charge < -0.3 is 15.5 Å². The van der Waals surface area contributed by atoms with E-state index in [0.29, 0.717) is 11.5 Å². The summed E-state index contributed by atoms with van der Waals surface area (Å²) in [6, 6.07) is 24.9. The van der Waals surface area contributed by atoms with E-state index in [0.717, 1.165) is 33.0 Å². The van der Waals surface area contributed by atoms with Gasteiger partial charge >= 0.3 is 6.03 Å². The molecule has 7 nitrogen and oxygen atoms in total. The number of thioether (sulfide) groups is 1. The predicted molar refractivity (Wildman–Crippen MR) is 156 cm³/mol. The van der Waals surface area contributed by atoms with Gasteiger partial charge in [-0.1, -0.05) is 48.0 Å². The largest absolute Gasteiger partial charge is 0.322 e. The van der Waals surface area contributed by atoms with Gasteiger partial charge in [-0.25, -0.2) is 9.48 Å². The summed E-state index contributed by atoms with van der Waals surface area (Å²) in [4.78, 5) is 29.2. The zero-order chi connectivity index (χ0) is 27.2. The topological polar surface area (TPSA) is 79.3 Å². The molecule has 0 atom stereocenters. The van der Waals surface area contributed by atoms with Crippen molar-refractivity contribution >= 4 is 35.2 Å². The van der Waals surface area contributed by atoms with Crippen LogP contribution < -0.4 is 10.6 Å². The van der Waals surface area contributed by atoms with Crippen molar-refractivity contribution in [3.63, 3.8) is 0 Å². The first-order chi connectivity index (χ1) is 18.3. The monoisotopic (exact) mass is 527 g/mol. The average Bonchev–Trinajstić information content (AvgIpc) is 3.23. The van der Waals surface area contributed by atoms with Gasteiger partial charge in [-0.2, -0.15) is 5.10 Å². The molecule has 0 saturated heterocycles. The number of aryl methyl sites for hydroxylation is 2. The van der Waals surface area contributed by atoms with Crippen LogP contribution in [0.3, 0.4) is 0 Å². The number of rotatable bonds is 8. The molecule has 8 heteroatoms. The highest BCUT2D eigenvalue weighted by Gasteiger charge is 2.24. The number of carbonyl (C=O) groups is 2. The van der Waals surface area contributed by atoms with Crippen LogP contribution in [0.2, 0.25) is 0 Å². The van der Waals surface area contributed by atoms with Crippen LogP contribution in [0.25, 0.3) is 16.8 Å². The van der Waals surface area contributed by atoms with Gasteiger partial charge in [0.2, 0.25) is 5.91 Å². The maximum absolute atomic E-state index is 13.4. The maximum Gasteiger partial charge on any atom is 0.322 e. The molecule has 196 valence electrons. The van der Waals surface area contributed by atoms with Crippen LogP contribution in [0.1, 0.15) is 25.1 Å². The Labute approximate surface area is 228 Å². The van der Waals surface area contributed by atoms with Gasteiger partial charge in [-0.3, -0.25) is 4.79 Å². The van der Waals surface area contributed by atoms with Crippen molar-refractivity contribution in [2.75, 3.05) is 23.4 Å². The second-order valence-corrected chi connectivity index (χ2v) is 10.2. The summed E-state index contributed by atoms with van der Waals surface area (Å²) in [6.45, 7) is 7.62. The molecule has 0 saturated carbocycles. The fourth-order valence-corrected chi connectivity index (χ4v) is 4.56. The number of aromatic nitrogens is 2. The smallest absolute Gasteiger partial charge is 0.313 e. The quantitative estimate of drug-likeness (QED) is 0.248. The van der Waals surface area contributed by atoms with Crippen molar-refractivity contribution in [1.29, 1.82) is 0 Å². The molecule has 1 heterocycles. The summed E-state index contributed by atoms with van der Waals surface area (Å²) in [7, 11) is 0. The van der Waals surface area contributed by atoms with Crippen molar-refractivity contribution < 1.29 is 9.59 Å². The predicted octanol–water partition coefficient (Wildman–Crippen LogP) is 6.76. The highest BCUT2D eigenvalue weighted by Crippen LogP contribution is 2.33. The third-order valence-corrected chi connectivity index (χ3v) is 6.94. The van der Waals surface area contributed by atoms with E-state index in [9.17, 15) is 9.59 Å². The summed E-state index contributed by atoms with van der Waals surface area (Å²) in [5.74, 6) is 0.261. The summed E-state index contributed by atoms with van der Waals surface area (Å²) >= 11 is 1.64. The SMILES string of the molecule is CSc1ccc(NC(=O)N(CC(=O)Nc2c(-c3ccccc3)c(C)nn2-c2ccc(C)cc2)C(C)C)cc1. The fourth-order valence-electron chi connectivity index (χ4n) is 4.15. The van der Waals surface area contributed by atoms with Gasteiger partial charge in [0.25, 0.3) is 0 Å². The molecule has 4 aromatic rings. The second kappa shape index (κ2) is 12.0. The summed E-state index contributed by atoms with van der Waals surface area (Å²) in [6.07, 6.45) is 2.00. The molecule has 0 aliphatic heterocycles. The van der Waals surface area contributed by atoms with Crippen molar-refractivity contribution in [2.45, 2.75) is 38.6 Å². The Hall–Kier alpha value is -4.04. The van der Waals surface area contributed by atoms with Gasteiger partial charge in [-0.05, 0) is 75.9 Å². The zero-order valence-corrected chi connectivity index (χ0v) is 23.2. The molecule has 0 aliphatic carbocycles. The van der Waals surface area contributed by atoms with Crippen LogP contribution in [-0.4, -0.2) is 45.5 Å². The van der Waals surface area contributed by atoms with E-state index in [1.807, 2.05) is 113 Å². The Bertz CT molecular complexity index is 1400. The van der Waals surface area contributed by atoms with Crippen molar-refractivity contribution in [3.8, 4) is 16.8 Å². The summed E-state index contributed by atoms with van der Waals surface area (Å²) < 4.78 is 1.75. The molecule has 4 rings (SSSR count). The highest BCUT2D eigenvalue weighted by atomic mass is 32.2. The van der Waals surface area contributed by atoms with Crippen molar-refractivity contribution in [1.82, 2.24) is 14.7 Å². The number of nitrogens with one attached hydrogen (secondary N) is 2. The number of amides is 3. The van der Waals surface area contributed by atoms with E-state index >= 15 is 0 Å². The Balaban J connectivity index is 1.61. The maximum atomic E-state index is 13.4. The summed E-state index contributed by atoms with van der Waals surface area (Å²) in [5, 5.41) is 10.7. The number of anilines is 2. The highest BCUT2D eigenvalue weighted by molar-refractivity contribution is 7.98. The molecule has 0 radical (unpaired) electrons. The van der Waals surface area contributed by atoms with Crippen LogP contribution in [0.15, 0.2) is 83.8 Å². The number of carbonyl (C=O) groups excluding carboxylic acids is 2. The molecular formula is C30H33N5O2S. The third kappa shape index (κ3) is 6.26. The van der Waals surface area contributed by atoms with Crippen LogP contribution in [0, 0.1) is 13.8 Å². The lowest BCUT2D eigenvalue weighted by Crippen LogP contribution is -2.44. The number of hydrogen-bond donors (Lipinski definition) is 2. The Morgan fingerprint density at radius 2 is 1.58 bits per heavy atom. The number of benzene rings is 3. The molecular weight excluding hydrogens is 494 g/mol. The van der Waals surface area contributed by atoms with Crippen molar-refractivity contribution in [3.05, 3.63) is 90.1 Å². The Morgan fingerprint density at radius 1 is 0.921 bits per heavy atom. The number of hydrogen-bond acceptors (Lipinski definition) is 4. The van der Waals surface area contributed by atoms with E-state index < -0.39 is 0 Å². The first-order valence-corrected chi connectivity index (χ1v) is 13.7. The number of nitrogens with zero attached hydrogens (tertiary/aromatic N) is 3. The minimum atomic E-state index is -0.335. The Kier molecular flexibility index (Phi) is 8.53. The molecule has 0 fully saturated rings. The molecule has 1 aromatic heterocycles. The lowest BCUT2D eigenvalue weighted by Gasteiger charge is -2.26. The van der Waals surface area contributed by atoms with Crippen LogP contribution in [0.5, 0.6) is 0 Å². The van der Waals surface area contributed by atoms with Crippen LogP contribution in [0.4, 0.5) is 16.3 Å². The van der Waals surface area contributed by atoms with Crippen LogP contribution >= 0.6 is 11.8 Å². The van der Waals surface area contributed by atoms with E-state index in [1.165, 1.54) is 4.90 Å². The van der Waals surface area contributed by atoms with E-state index in [4.69, 9.17) is 5.10 Å². The van der Waals surface area contributed by atoms with Gasteiger partial charge in [0.15, 0.2) is 0 Å². The fraction of sp³-hybridized carbons (Fsp3) is 0.233. The molecule has 3 amide bonds. The minimum Gasteiger partial charge on any atom is -0.313 e. The molecule has 0 unspecified atom stereocenters. The molecule has 0 aliphatic rings. The lowest BCUT2D eigenvalue weighted by atomic mass is 10.1. The first kappa shape index (κ1) is 27.0. The third-order valence-electron chi connectivity index (χ3n) is 6.20. The molecule has 38 heavy (non-hydrogen) atoms. The molecule has 0 bridgehead atoms. The van der Waals surface area contributed by atoms with E-state index in [1.54, 1.807) is 16.4 Å². The number of urea groups is 1. The first-order valence-electron chi connectivity index (χ1n) is 12.5. The standard InChI is InChI=1S/C30H33N5O2S/c1-20(2)34(30(37)31-24-13-17-26(38-5)18-14-24)19-27(36)32-29-28(23-9-7-6-8-10-23)22(4)33-35(29)25-15-11-21(3)12-16-25/h6-18,20H,19H2,1-5H3,(H,31,37)(H,32,36). The lowest BCUT2D eigenvalue weighted by molar-refractivity contribution is -0.117. The summed E-state index contributed by atoms with van der Waals surface area (Å²) in [5.41, 5.74) is 5.23. The molecule has 0 spiro atoms. The van der Waals surface area contributed by atoms with Gasteiger partial charge in [0.1, 0.15) is 12.4 Å². The molecule has 2 N–H and O–H groups in total. The van der Waals surface area contributed by atoms with Gasteiger partial charge in [-0.15, -0.1) is 11.8 Å². The minimum absolute atomic E-state index is 0.112. The van der Waals surface area contributed by atoms with E-state index in [-0.39, 0.29) is 24.5 Å². The normalized spacial score (nSPS) is 10.9. The zero-order valence-electron chi connectivity index (χ0n) is 22.4.